The quantitative estimate of drug-likeness (QED) is 0.0373. The van der Waals surface area contributed by atoms with Crippen molar-refractivity contribution in [2.75, 3.05) is 46.6 Å². The Balaban J connectivity index is 1.32. The fraction of sp³-hybridized carbons (Fsp3) is 0.900. The van der Waals surface area contributed by atoms with Gasteiger partial charge in [-0.3, -0.25) is 13.6 Å². The van der Waals surface area contributed by atoms with Gasteiger partial charge in [0.05, 0.1) is 34.1 Å². The maximum absolute atomic E-state index is 13.1. The number of nitrogen functional groups attached to an aromatic ring is 1. The number of hydrogen-bond donors (Lipinski definition) is 2. The van der Waals surface area contributed by atoms with Crippen molar-refractivity contribution in [3.05, 3.63) is 12.7 Å². The van der Waals surface area contributed by atoms with Crippen molar-refractivity contribution in [2.45, 2.75) is 250 Å². The topological polar surface area (TPSA) is 153 Å². The van der Waals surface area contributed by atoms with Gasteiger partial charge in [0.15, 0.2) is 23.5 Å². The van der Waals surface area contributed by atoms with Crippen LogP contribution < -0.4 is 5.73 Å². The summed E-state index contributed by atoms with van der Waals surface area (Å²) < 4.78 is 47.2. The van der Waals surface area contributed by atoms with Crippen molar-refractivity contribution in [1.82, 2.24) is 19.5 Å². The molecule has 0 aliphatic carbocycles. The van der Waals surface area contributed by atoms with Crippen molar-refractivity contribution in [2.24, 2.45) is 0 Å². The highest BCUT2D eigenvalue weighted by molar-refractivity contribution is 7.47. The molecular weight excluding hydrogens is 828 g/mol. The third-order valence-corrected chi connectivity index (χ3v) is 14.4. The number of nitrogens with two attached hydrogens (primary N) is 1. The van der Waals surface area contributed by atoms with E-state index in [2.05, 4.69) is 28.8 Å². The number of fused-ring (bicyclic) bond motifs is 2. The zero-order valence-corrected chi connectivity index (χ0v) is 42.3. The Morgan fingerprint density at radius 1 is 0.656 bits per heavy atom. The molecule has 4 rings (SSSR count). The molecule has 2 fully saturated rings. The number of quaternary nitrogens is 1. The lowest BCUT2D eigenvalue weighted by atomic mass is 9.98. The summed E-state index contributed by atoms with van der Waals surface area (Å²) in [7, 11) is 1.64. The SMILES string of the molecule is CCCCCCCCCCCCCCCCCC1(CCCCCCCCCCCCCCCCC)O[C@@H]2[C@H](O1)[C@@H](COP(=O)(O)OCC[N+](C)(C)C)O[C@H]2n1cnc2c(N)ncnc21. The van der Waals surface area contributed by atoms with Crippen molar-refractivity contribution in [3.8, 4) is 0 Å². The highest BCUT2D eigenvalue weighted by Gasteiger charge is 2.59. The van der Waals surface area contributed by atoms with Crippen LogP contribution in [0.2, 0.25) is 0 Å². The van der Waals surface area contributed by atoms with Gasteiger partial charge in [0, 0.05) is 12.8 Å². The standard InChI is InChI=1S/C50H93N6O7P/c1-6-8-10-12-14-16-18-20-22-24-26-28-30-32-34-36-50(37-35-33-31-29-27-25-23-21-19-17-15-13-11-9-7-2)62-45-43(40-60-64(57,58)59-39-38-56(3,4)5)61-49(46(45)63-50)55-42-54-44-47(51)52-41-53-48(44)55/h41-43,45-46,49H,6-40H2,1-5H3,(H2-,51,52,53,57,58)/p+1/t43-,45-,46-,49-/m1/s1. The molecule has 2 aliphatic heterocycles. The zero-order chi connectivity index (χ0) is 45.9. The molecule has 370 valence electrons. The first-order chi connectivity index (χ1) is 31.0. The number of rotatable bonds is 40. The maximum atomic E-state index is 13.1. The molecule has 1 unspecified atom stereocenters. The summed E-state index contributed by atoms with van der Waals surface area (Å²) in [5, 5.41) is 0. The van der Waals surface area contributed by atoms with E-state index in [1.807, 2.05) is 25.7 Å². The van der Waals surface area contributed by atoms with Crippen LogP contribution >= 0.6 is 7.82 Å². The fourth-order valence-corrected chi connectivity index (χ4v) is 10.2. The van der Waals surface area contributed by atoms with Crippen molar-refractivity contribution < 1.29 is 37.2 Å². The van der Waals surface area contributed by atoms with Crippen molar-refractivity contribution in [1.29, 1.82) is 0 Å². The highest BCUT2D eigenvalue weighted by Crippen LogP contribution is 2.50. The normalized spacial score (nSPS) is 20.7. The molecule has 2 aromatic heterocycles. The minimum absolute atomic E-state index is 0.0842. The third-order valence-electron chi connectivity index (χ3n) is 13.4. The molecule has 64 heavy (non-hydrogen) atoms. The van der Waals surface area contributed by atoms with Crippen LogP contribution in [0.1, 0.15) is 226 Å². The summed E-state index contributed by atoms with van der Waals surface area (Å²) in [4.78, 5) is 23.8. The predicted octanol–water partition coefficient (Wildman–Crippen LogP) is 13.1. The summed E-state index contributed by atoms with van der Waals surface area (Å²) in [5.74, 6) is -0.512. The maximum Gasteiger partial charge on any atom is 0.472 e. The Kier molecular flexibility index (Phi) is 26.3. The fourth-order valence-electron chi connectivity index (χ4n) is 9.44. The Morgan fingerprint density at radius 3 is 1.55 bits per heavy atom. The molecule has 5 atom stereocenters. The molecule has 2 aliphatic rings. The molecule has 0 spiro atoms. The van der Waals surface area contributed by atoms with Crippen LogP contribution in [0.4, 0.5) is 5.82 Å². The number of imidazole rings is 1. The van der Waals surface area contributed by atoms with Gasteiger partial charge in [0.25, 0.3) is 0 Å². The number of unbranched alkanes of at least 4 members (excludes halogenated alkanes) is 28. The summed E-state index contributed by atoms with van der Waals surface area (Å²) in [6.45, 7) is 5.01. The second kappa shape index (κ2) is 30.6. The molecule has 13 nitrogen and oxygen atoms in total. The number of ether oxygens (including phenoxy) is 3. The van der Waals surface area contributed by atoms with Gasteiger partial charge in [0.1, 0.15) is 43.3 Å². The van der Waals surface area contributed by atoms with Gasteiger partial charge in [0.2, 0.25) is 0 Å². The van der Waals surface area contributed by atoms with E-state index in [0.29, 0.717) is 22.2 Å². The van der Waals surface area contributed by atoms with Gasteiger partial charge < -0.3 is 29.3 Å². The monoisotopic (exact) mass is 922 g/mol. The lowest BCUT2D eigenvalue weighted by Crippen LogP contribution is -2.37. The first kappa shape index (κ1) is 54.9. The first-order valence-corrected chi connectivity index (χ1v) is 27.8. The van der Waals surface area contributed by atoms with Crippen LogP contribution in [-0.4, -0.2) is 93.9 Å². The first-order valence-electron chi connectivity index (χ1n) is 26.3. The Bertz CT molecular complexity index is 1520. The third kappa shape index (κ3) is 20.7. The number of aromatic nitrogens is 4. The molecule has 0 amide bonds. The molecule has 2 saturated heterocycles. The van der Waals surface area contributed by atoms with E-state index in [0.717, 1.165) is 38.5 Å². The van der Waals surface area contributed by atoms with Crippen LogP contribution in [0.25, 0.3) is 11.2 Å². The van der Waals surface area contributed by atoms with Gasteiger partial charge in [-0.2, -0.15) is 0 Å². The highest BCUT2D eigenvalue weighted by atomic mass is 31.2. The molecule has 3 N–H and O–H groups in total. The van der Waals surface area contributed by atoms with Crippen LogP contribution in [0.15, 0.2) is 12.7 Å². The van der Waals surface area contributed by atoms with Gasteiger partial charge in [-0.1, -0.05) is 194 Å². The minimum Gasteiger partial charge on any atom is -0.382 e. The van der Waals surface area contributed by atoms with E-state index in [-0.39, 0.29) is 19.0 Å². The van der Waals surface area contributed by atoms with Gasteiger partial charge >= 0.3 is 7.82 Å². The number of likely N-dealkylation sites (N-methyl/N-ethyl adjacent to an activating group) is 1. The van der Waals surface area contributed by atoms with Crippen LogP contribution in [0.5, 0.6) is 0 Å². The Labute approximate surface area is 389 Å². The predicted molar refractivity (Wildman–Crippen MR) is 260 cm³/mol. The summed E-state index contributed by atoms with van der Waals surface area (Å²) >= 11 is 0. The van der Waals surface area contributed by atoms with Gasteiger partial charge in [-0.25, -0.2) is 19.5 Å². The molecule has 0 saturated carbocycles. The average molecular weight is 922 g/mol. The van der Waals surface area contributed by atoms with E-state index in [9.17, 15) is 9.46 Å². The summed E-state index contributed by atoms with van der Waals surface area (Å²) in [5.41, 5.74) is 7.19. The van der Waals surface area contributed by atoms with E-state index < -0.39 is 38.1 Å². The number of anilines is 1. The minimum atomic E-state index is -4.36. The number of phosphoric ester groups is 1. The second-order valence-corrected chi connectivity index (χ2v) is 21.7. The average Bonchev–Trinajstić information content (AvgIpc) is 3.95. The number of nitrogens with zero attached hydrogens (tertiary/aromatic N) is 5. The summed E-state index contributed by atoms with van der Waals surface area (Å²) in [6, 6.07) is 0. The van der Waals surface area contributed by atoms with E-state index in [4.69, 9.17) is 29.0 Å². The largest absolute Gasteiger partial charge is 0.472 e. The van der Waals surface area contributed by atoms with Crippen LogP contribution in [-0.2, 0) is 27.8 Å². The van der Waals surface area contributed by atoms with Crippen molar-refractivity contribution >= 4 is 24.8 Å². The smallest absolute Gasteiger partial charge is 0.382 e. The van der Waals surface area contributed by atoms with Crippen LogP contribution in [0.3, 0.4) is 0 Å². The zero-order valence-electron chi connectivity index (χ0n) is 41.4. The molecule has 2 aromatic rings. The van der Waals surface area contributed by atoms with Crippen LogP contribution in [0, 0.1) is 0 Å². The molecule has 0 radical (unpaired) electrons. The van der Waals surface area contributed by atoms with Gasteiger partial charge in [-0.15, -0.1) is 0 Å². The van der Waals surface area contributed by atoms with E-state index in [1.54, 1.807) is 6.33 Å². The van der Waals surface area contributed by atoms with E-state index >= 15 is 0 Å². The molecule has 14 heteroatoms. The Morgan fingerprint density at radius 2 is 1.09 bits per heavy atom. The Hall–Kier alpha value is -1.70. The molecule has 0 bridgehead atoms. The molecule has 0 aromatic carbocycles. The second-order valence-electron chi connectivity index (χ2n) is 20.2. The molecular formula is C50H94N6O7P+. The molecule has 4 heterocycles. The summed E-state index contributed by atoms with van der Waals surface area (Å²) in [6.07, 6.45) is 41.6. The van der Waals surface area contributed by atoms with Crippen molar-refractivity contribution in [3.63, 3.8) is 0 Å². The number of hydrogen-bond acceptors (Lipinski definition) is 10. The van der Waals surface area contributed by atoms with Gasteiger partial charge in [-0.05, 0) is 12.8 Å². The number of phosphoric acid groups is 1. The van der Waals surface area contributed by atoms with E-state index in [1.165, 1.54) is 173 Å². The lowest BCUT2D eigenvalue weighted by molar-refractivity contribution is -0.870. The lowest BCUT2D eigenvalue weighted by Gasteiger charge is -2.32.